The van der Waals surface area contributed by atoms with Crippen molar-refractivity contribution in [2.75, 3.05) is 13.1 Å². The molecule has 0 saturated carbocycles. The monoisotopic (exact) mass is 443 g/mol. The van der Waals surface area contributed by atoms with Gasteiger partial charge in [-0.05, 0) is 43.7 Å². The maximum atomic E-state index is 13.2. The van der Waals surface area contributed by atoms with E-state index in [4.69, 9.17) is 11.6 Å². The van der Waals surface area contributed by atoms with E-state index in [-0.39, 0.29) is 23.1 Å². The predicted molar refractivity (Wildman–Crippen MR) is 123 cm³/mol. The molecule has 1 aliphatic rings. The van der Waals surface area contributed by atoms with E-state index in [1.165, 1.54) is 0 Å². The van der Waals surface area contributed by atoms with E-state index in [1.807, 2.05) is 39.0 Å². The number of rotatable bonds is 6. The van der Waals surface area contributed by atoms with Crippen LogP contribution < -0.4 is 10.7 Å². The van der Waals surface area contributed by atoms with Crippen molar-refractivity contribution in [1.29, 1.82) is 0 Å². The van der Waals surface area contributed by atoms with Gasteiger partial charge in [0, 0.05) is 37.1 Å². The van der Waals surface area contributed by atoms with Gasteiger partial charge >= 0.3 is 0 Å². The zero-order valence-corrected chi connectivity index (χ0v) is 19.1. The van der Waals surface area contributed by atoms with Crippen LogP contribution in [0.5, 0.6) is 0 Å². The third-order valence-electron chi connectivity index (χ3n) is 5.49. The number of halogens is 1. The highest BCUT2D eigenvalue weighted by Crippen LogP contribution is 2.22. The summed E-state index contributed by atoms with van der Waals surface area (Å²) < 4.78 is 1.78. The Morgan fingerprint density at radius 3 is 2.32 bits per heavy atom. The van der Waals surface area contributed by atoms with Crippen molar-refractivity contribution in [3.63, 3.8) is 0 Å². The molecule has 1 aliphatic heterocycles. The quantitative estimate of drug-likeness (QED) is 0.724. The summed E-state index contributed by atoms with van der Waals surface area (Å²) in [7, 11) is 0. The van der Waals surface area contributed by atoms with Gasteiger partial charge in [0.1, 0.15) is 11.1 Å². The minimum Gasteiger partial charge on any atom is -0.352 e. The molecule has 0 aliphatic carbocycles. The van der Waals surface area contributed by atoms with Gasteiger partial charge in [-0.1, -0.05) is 43.6 Å². The Hall–Kier alpha value is -2.60. The Balaban J connectivity index is 1.94. The number of benzene rings is 1. The fourth-order valence-electron chi connectivity index (χ4n) is 3.92. The van der Waals surface area contributed by atoms with E-state index in [1.54, 1.807) is 27.9 Å². The van der Waals surface area contributed by atoms with Crippen molar-refractivity contribution in [3.05, 3.63) is 68.6 Å². The first-order chi connectivity index (χ1) is 14.8. The third-order valence-corrected chi connectivity index (χ3v) is 5.84. The molecule has 1 aromatic carbocycles. The van der Waals surface area contributed by atoms with Gasteiger partial charge in [0.25, 0.3) is 11.8 Å². The van der Waals surface area contributed by atoms with Crippen molar-refractivity contribution in [3.8, 4) is 0 Å². The molecule has 1 aromatic heterocycles. The van der Waals surface area contributed by atoms with Gasteiger partial charge in [-0.2, -0.15) is 0 Å². The van der Waals surface area contributed by atoms with E-state index < -0.39 is 11.3 Å². The average molecular weight is 444 g/mol. The summed E-state index contributed by atoms with van der Waals surface area (Å²) >= 11 is 6.25. The van der Waals surface area contributed by atoms with Gasteiger partial charge in [0.2, 0.25) is 5.43 Å². The molecule has 0 unspecified atom stereocenters. The summed E-state index contributed by atoms with van der Waals surface area (Å²) in [5.41, 5.74) is 0.267. The molecule has 2 heterocycles. The highest BCUT2D eigenvalue weighted by atomic mass is 35.5. The molecule has 166 valence electrons. The zero-order chi connectivity index (χ0) is 22.5. The minimum absolute atomic E-state index is 0.0255. The number of carbonyl (C=O) groups excluding carboxylic acids is 2. The van der Waals surface area contributed by atoms with Gasteiger partial charge in [-0.25, -0.2) is 0 Å². The lowest BCUT2D eigenvalue weighted by atomic mass is 10.1. The van der Waals surface area contributed by atoms with E-state index >= 15 is 0 Å². The fourth-order valence-corrected chi connectivity index (χ4v) is 4.22. The average Bonchev–Trinajstić information content (AvgIpc) is 2.74. The molecule has 31 heavy (non-hydrogen) atoms. The number of nitrogens with zero attached hydrogens (tertiary/aromatic N) is 2. The molecule has 1 fully saturated rings. The first kappa shape index (κ1) is 23.1. The minimum atomic E-state index is -0.528. The number of likely N-dealkylation sites (tertiary alicyclic amines) is 1. The molecule has 0 bridgehead atoms. The number of carbonyl (C=O) groups is 2. The lowest BCUT2D eigenvalue weighted by molar-refractivity contribution is 0.0722. The molecular weight excluding hydrogens is 414 g/mol. The highest BCUT2D eigenvalue weighted by Gasteiger charge is 2.25. The molecule has 2 amide bonds. The second-order valence-electron chi connectivity index (χ2n) is 8.57. The number of amides is 2. The number of nitrogens with one attached hydrogen (secondary N) is 1. The molecule has 0 spiro atoms. The van der Waals surface area contributed by atoms with Crippen LogP contribution in [0, 0.1) is 5.92 Å². The summed E-state index contributed by atoms with van der Waals surface area (Å²) in [6.45, 7) is 7.78. The fraction of sp³-hybridized carbons (Fsp3) is 0.458. The Morgan fingerprint density at radius 1 is 1.03 bits per heavy atom. The topological polar surface area (TPSA) is 71.4 Å². The SMILES string of the molecule is CC(C)Cn1cc(C(=O)N[C@H](C)c2ccccc2Cl)c(=O)c(C(=O)N2CCCCC2)c1. The van der Waals surface area contributed by atoms with Crippen LogP contribution in [-0.4, -0.2) is 34.4 Å². The molecule has 6 nitrogen and oxygen atoms in total. The second kappa shape index (κ2) is 10.1. The van der Waals surface area contributed by atoms with Gasteiger partial charge in [-0.3, -0.25) is 14.4 Å². The van der Waals surface area contributed by atoms with Gasteiger partial charge in [0.05, 0.1) is 6.04 Å². The molecule has 2 aromatic rings. The third kappa shape index (κ3) is 5.56. The Labute approximate surface area is 188 Å². The van der Waals surface area contributed by atoms with Crippen molar-refractivity contribution < 1.29 is 9.59 Å². The number of hydrogen-bond donors (Lipinski definition) is 1. The van der Waals surface area contributed by atoms with Crippen molar-refractivity contribution in [2.45, 2.75) is 52.6 Å². The first-order valence-electron chi connectivity index (χ1n) is 10.9. The first-order valence-corrected chi connectivity index (χ1v) is 11.2. The van der Waals surface area contributed by atoms with E-state index in [9.17, 15) is 14.4 Å². The summed E-state index contributed by atoms with van der Waals surface area (Å²) in [5, 5.41) is 3.40. The summed E-state index contributed by atoms with van der Waals surface area (Å²) in [6.07, 6.45) is 6.09. The lowest BCUT2D eigenvalue weighted by Gasteiger charge is -2.27. The maximum Gasteiger partial charge on any atom is 0.259 e. The van der Waals surface area contributed by atoms with Crippen LogP contribution in [0.2, 0.25) is 5.02 Å². The maximum absolute atomic E-state index is 13.2. The lowest BCUT2D eigenvalue weighted by Crippen LogP contribution is -2.40. The number of hydrogen-bond acceptors (Lipinski definition) is 3. The summed E-state index contributed by atoms with van der Waals surface area (Å²) in [6, 6.07) is 6.87. The summed E-state index contributed by atoms with van der Waals surface area (Å²) in [5.74, 6) is -0.516. The Morgan fingerprint density at radius 2 is 1.68 bits per heavy atom. The van der Waals surface area contributed by atoms with Crippen LogP contribution in [0.25, 0.3) is 0 Å². The van der Waals surface area contributed by atoms with E-state index in [0.29, 0.717) is 30.6 Å². The Kier molecular flexibility index (Phi) is 7.55. The number of pyridine rings is 1. The highest BCUT2D eigenvalue weighted by molar-refractivity contribution is 6.31. The van der Waals surface area contributed by atoms with Crippen molar-refractivity contribution in [1.82, 2.24) is 14.8 Å². The van der Waals surface area contributed by atoms with Gasteiger partial charge in [0.15, 0.2) is 0 Å². The largest absolute Gasteiger partial charge is 0.352 e. The smallest absolute Gasteiger partial charge is 0.259 e. The number of piperidine rings is 1. The van der Waals surface area contributed by atoms with Crippen LogP contribution in [-0.2, 0) is 6.54 Å². The van der Waals surface area contributed by atoms with Crippen LogP contribution in [0.1, 0.15) is 72.4 Å². The molecule has 0 radical (unpaired) electrons. The van der Waals surface area contributed by atoms with Crippen LogP contribution in [0.4, 0.5) is 0 Å². The van der Waals surface area contributed by atoms with Gasteiger partial charge < -0.3 is 14.8 Å². The molecule has 1 N–H and O–H groups in total. The Bertz CT molecular complexity index is 1010. The molecule has 7 heteroatoms. The van der Waals surface area contributed by atoms with Crippen LogP contribution in [0.15, 0.2) is 41.5 Å². The second-order valence-corrected chi connectivity index (χ2v) is 8.98. The van der Waals surface area contributed by atoms with Crippen LogP contribution in [0.3, 0.4) is 0 Å². The number of aromatic nitrogens is 1. The molecule has 1 atom stereocenters. The molecule has 3 rings (SSSR count). The van der Waals surface area contributed by atoms with Crippen LogP contribution >= 0.6 is 11.6 Å². The van der Waals surface area contributed by atoms with E-state index in [2.05, 4.69) is 5.32 Å². The predicted octanol–water partition coefficient (Wildman–Crippen LogP) is 4.27. The van der Waals surface area contributed by atoms with Crippen molar-refractivity contribution >= 4 is 23.4 Å². The summed E-state index contributed by atoms with van der Waals surface area (Å²) in [4.78, 5) is 41.0. The van der Waals surface area contributed by atoms with E-state index in [0.717, 1.165) is 24.8 Å². The van der Waals surface area contributed by atoms with Crippen molar-refractivity contribution in [2.24, 2.45) is 5.92 Å². The molecule has 1 saturated heterocycles. The zero-order valence-electron chi connectivity index (χ0n) is 18.4. The molecular formula is C24H30ClN3O3. The van der Waals surface area contributed by atoms with Gasteiger partial charge in [-0.15, -0.1) is 0 Å². The normalized spacial score (nSPS) is 15.1. The standard InChI is InChI=1S/C24H30ClN3O3/c1-16(2)13-27-14-19(23(30)26-17(3)18-9-5-6-10-21(18)25)22(29)20(15-27)24(31)28-11-7-4-8-12-28/h5-6,9-10,14-17H,4,7-8,11-13H2,1-3H3,(H,26,30)/t17-/m1/s1.